The minimum absolute atomic E-state index is 0.116. The second kappa shape index (κ2) is 5.02. The third kappa shape index (κ3) is 1.89. The predicted octanol–water partition coefficient (Wildman–Crippen LogP) is 0.168. The van der Waals surface area contributed by atoms with E-state index in [1.54, 1.807) is 27.7 Å². The van der Waals surface area contributed by atoms with Crippen LogP contribution >= 0.6 is 0 Å². The van der Waals surface area contributed by atoms with Crippen molar-refractivity contribution in [3.8, 4) is 0 Å². The van der Waals surface area contributed by atoms with Crippen LogP contribution in [0.1, 0.15) is 59.8 Å². The molecule has 0 aromatic rings. The minimum atomic E-state index is -1.66. The Hall–Kier alpha value is -0.240. The number of rotatable bonds is 0. The minimum Gasteiger partial charge on any atom is -0.392 e. The van der Waals surface area contributed by atoms with Crippen LogP contribution in [0, 0.1) is 28.6 Å². The zero-order valence-corrected chi connectivity index (χ0v) is 16.2. The summed E-state index contributed by atoms with van der Waals surface area (Å²) in [5, 5.41) is 67.1. The molecule has 0 heterocycles. The average molecular weight is 370 g/mol. The van der Waals surface area contributed by atoms with Crippen molar-refractivity contribution in [3.63, 3.8) is 0 Å². The van der Waals surface area contributed by atoms with Crippen molar-refractivity contribution in [1.29, 1.82) is 0 Å². The van der Waals surface area contributed by atoms with Gasteiger partial charge in [0, 0.05) is 22.7 Å². The van der Waals surface area contributed by atoms with Crippen LogP contribution in [0.5, 0.6) is 0 Å². The Balaban J connectivity index is 1.89. The van der Waals surface area contributed by atoms with Gasteiger partial charge in [0.25, 0.3) is 0 Å². The molecule has 4 aliphatic rings. The maximum atomic E-state index is 11.7. The topological polar surface area (TPSA) is 121 Å². The number of fused-ring (bicyclic) bond motifs is 2. The summed E-state index contributed by atoms with van der Waals surface area (Å²) in [5.41, 5.74) is -5.91. The number of aliphatic hydroxyl groups excluding tert-OH is 3. The highest BCUT2D eigenvalue weighted by Crippen LogP contribution is 2.69. The smallest absolute Gasteiger partial charge is 0.104 e. The van der Waals surface area contributed by atoms with Gasteiger partial charge in [-0.15, -0.1) is 0 Å². The average Bonchev–Trinajstić information content (AvgIpc) is 2.72. The molecule has 0 aliphatic heterocycles. The highest BCUT2D eigenvalue weighted by atomic mass is 16.4. The van der Waals surface area contributed by atoms with Crippen molar-refractivity contribution >= 4 is 0 Å². The third-order valence-electron chi connectivity index (χ3n) is 9.26. The summed E-state index contributed by atoms with van der Waals surface area (Å²) in [5.74, 6) is -1.34. The Bertz CT molecular complexity index is 615. The molecule has 0 aromatic carbocycles. The highest BCUT2D eigenvalue weighted by molar-refractivity contribution is 5.25. The van der Waals surface area contributed by atoms with Crippen LogP contribution in [0.4, 0.5) is 0 Å². The molecule has 0 saturated heterocycles. The fourth-order valence-electron chi connectivity index (χ4n) is 7.80. The number of aliphatic hydroxyl groups is 6. The lowest BCUT2D eigenvalue weighted by Gasteiger charge is -2.51. The Morgan fingerprint density at radius 3 is 2.04 bits per heavy atom. The molecule has 10 atom stereocenters. The van der Waals surface area contributed by atoms with E-state index < -0.39 is 51.9 Å². The van der Waals surface area contributed by atoms with E-state index in [0.717, 1.165) is 0 Å². The summed E-state index contributed by atoms with van der Waals surface area (Å²) in [4.78, 5) is 0. The molecule has 150 valence electrons. The zero-order valence-electron chi connectivity index (χ0n) is 16.2. The van der Waals surface area contributed by atoms with Crippen molar-refractivity contribution in [2.75, 3.05) is 0 Å². The third-order valence-corrected chi connectivity index (χ3v) is 9.26. The van der Waals surface area contributed by atoms with Crippen LogP contribution in [0.2, 0.25) is 0 Å². The Morgan fingerprint density at radius 2 is 1.42 bits per heavy atom. The first-order valence-electron chi connectivity index (χ1n) is 9.94. The van der Waals surface area contributed by atoms with E-state index in [2.05, 4.69) is 0 Å². The Kier molecular flexibility index (Phi) is 3.69. The lowest BCUT2D eigenvalue weighted by Crippen LogP contribution is -2.60. The van der Waals surface area contributed by atoms with Gasteiger partial charge in [-0.2, -0.15) is 0 Å². The molecule has 0 aromatic heterocycles. The van der Waals surface area contributed by atoms with Gasteiger partial charge < -0.3 is 30.6 Å². The largest absolute Gasteiger partial charge is 0.392 e. The van der Waals surface area contributed by atoms with Gasteiger partial charge in [-0.25, -0.2) is 0 Å². The van der Waals surface area contributed by atoms with Crippen molar-refractivity contribution < 1.29 is 30.6 Å². The Labute approximate surface area is 154 Å². The molecule has 0 amide bonds. The summed E-state index contributed by atoms with van der Waals surface area (Å²) in [6.07, 6.45) is -1.01. The molecular weight excluding hydrogens is 336 g/mol. The van der Waals surface area contributed by atoms with Gasteiger partial charge in [-0.05, 0) is 51.9 Å². The molecule has 0 unspecified atom stereocenters. The van der Waals surface area contributed by atoms with Gasteiger partial charge >= 0.3 is 0 Å². The first-order chi connectivity index (χ1) is 11.7. The first kappa shape index (κ1) is 19.1. The van der Waals surface area contributed by atoms with Crippen LogP contribution in [-0.4, -0.2) is 65.8 Å². The summed E-state index contributed by atoms with van der Waals surface area (Å²) in [6, 6.07) is 0. The summed E-state index contributed by atoms with van der Waals surface area (Å²) in [7, 11) is 0. The second-order valence-corrected chi connectivity index (χ2v) is 10.7. The number of hydrogen-bond acceptors (Lipinski definition) is 6. The second-order valence-electron chi connectivity index (χ2n) is 10.7. The van der Waals surface area contributed by atoms with Gasteiger partial charge in [0.05, 0.1) is 29.5 Å². The quantitative estimate of drug-likeness (QED) is 0.361. The fourth-order valence-corrected chi connectivity index (χ4v) is 7.80. The molecule has 2 bridgehead atoms. The van der Waals surface area contributed by atoms with Crippen LogP contribution in [-0.2, 0) is 0 Å². The van der Waals surface area contributed by atoms with E-state index in [0.29, 0.717) is 19.3 Å². The van der Waals surface area contributed by atoms with E-state index in [1.165, 1.54) is 0 Å². The summed E-state index contributed by atoms with van der Waals surface area (Å²) in [6.45, 7) is 6.87. The van der Waals surface area contributed by atoms with Gasteiger partial charge in [0.1, 0.15) is 5.60 Å². The lowest BCUT2D eigenvalue weighted by molar-refractivity contribution is -0.201. The number of hydrogen-bond donors (Lipinski definition) is 6. The molecule has 4 saturated carbocycles. The van der Waals surface area contributed by atoms with E-state index >= 15 is 0 Å². The van der Waals surface area contributed by atoms with Crippen molar-refractivity contribution in [1.82, 2.24) is 0 Å². The molecule has 6 heteroatoms. The molecule has 0 radical (unpaired) electrons. The van der Waals surface area contributed by atoms with Gasteiger partial charge in [-0.1, -0.05) is 13.8 Å². The maximum Gasteiger partial charge on any atom is 0.104 e. The van der Waals surface area contributed by atoms with Gasteiger partial charge in [0.15, 0.2) is 0 Å². The van der Waals surface area contributed by atoms with Gasteiger partial charge in [0.2, 0.25) is 0 Å². The molecule has 4 fully saturated rings. The van der Waals surface area contributed by atoms with E-state index in [-0.39, 0.29) is 24.7 Å². The van der Waals surface area contributed by atoms with Crippen molar-refractivity contribution in [2.24, 2.45) is 28.6 Å². The zero-order chi connectivity index (χ0) is 19.5. The van der Waals surface area contributed by atoms with E-state index in [4.69, 9.17) is 0 Å². The molecule has 4 rings (SSSR count). The van der Waals surface area contributed by atoms with Crippen molar-refractivity contribution in [3.05, 3.63) is 0 Å². The standard InChI is InChI=1S/C20H34O6/c1-16(2)13(21)7-12-18(4,25)11-6-5-10-15(23)19(11,9-17(10,3)24)8-14(22)20(12,16)26/h10-15,21-26H,5-9H2,1-4H3/t10-,11+,12+,13+,14-,15-,17+,18-,19+,20+/m1/s1. The Morgan fingerprint density at radius 1 is 0.808 bits per heavy atom. The molecular formula is C20H34O6. The molecule has 1 spiro atoms. The maximum absolute atomic E-state index is 11.7. The first-order valence-corrected chi connectivity index (χ1v) is 9.94. The summed E-state index contributed by atoms with van der Waals surface area (Å²) < 4.78 is 0. The van der Waals surface area contributed by atoms with E-state index in [9.17, 15) is 30.6 Å². The molecule has 6 N–H and O–H groups in total. The predicted molar refractivity (Wildman–Crippen MR) is 94.0 cm³/mol. The van der Waals surface area contributed by atoms with Crippen LogP contribution < -0.4 is 0 Å². The van der Waals surface area contributed by atoms with Gasteiger partial charge in [-0.3, -0.25) is 0 Å². The SMILES string of the molecule is CC1(C)[C@@H](O)C[C@H]2[C@](C)(O)[C@@H]3CC[C@@H]4[C@@H](O)[C@@]3(C[C@@H](O)[C@@]21O)C[C@]4(C)O. The highest BCUT2D eigenvalue weighted by Gasteiger charge is 2.76. The van der Waals surface area contributed by atoms with Crippen molar-refractivity contribution in [2.45, 2.75) is 94.9 Å². The molecule has 26 heavy (non-hydrogen) atoms. The molecule has 6 nitrogen and oxygen atoms in total. The normalized spacial score (nSPS) is 63.9. The van der Waals surface area contributed by atoms with Crippen LogP contribution in [0.25, 0.3) is 0 Å². The van der Waals surface area contributed by atoms with Crippen LogP contribution in [0.3, 0.4) is 0 Å². The molecule has 4 aliphatic carbocycles. The lowest BCUT2D eigenvalue weighted by atomic mass is 9.57. The summed E-state index contributed by atoms with van der Waals surface area (Å²) >= 11 is 0. The fraction of sp³-hybridized carbons (Fsp3) is 1.00. The van der Waals surface area contributed by atoms with E-state index in [1.807, 2.05) is 0 Å². The van der Waals surface area contributed by atoms with Crippen LogP contribution in [0.15, 0.2) is 0 Å². The monoisotopic (exact) mass is 370 g/mol.